The summed E-state index contributed by atoms with van der Waals surface area (Å²) in [4.78, 5) is 5.33. The van der Waals surface area contributed by atoms with Crippen molar-refractivity contribution in [1.82, 2.24) is 10.6 Å². The fourth-order valence-corrected chi connectivity index (χ4v) is 3.44. The Kier molecular flexibility index (Phi) is 13.9. The highest BCUT2D eigenvalue weighted by molar-refractivity contribution is 14.0. The Labute approximate surface area is 183 Å². The van der Waals surface area contributed by atoms with Crippen molar-refractivity contribution in [2.45, 2.75) is 36.7 Å². The molecule has 5 nitrogen and oxygen atoms in total. The van der Waals surface area contributed by atoms with E-state index in [1.54, 1.807) is 18.8 Å². The SMILES string of the molecule is CN=C(NCCCOC1CCOCC1)NCCCSc1ccc(F)cc1.I. The van der Waals surface area contributed by atoms with Crippen LogP contribution in [0.15, 0.2) is 34.2 Å². The molecule has 1 aromatic rings. The highest BCUT2D eigenvalue weighted by Crippen LogP contribution is 2.18. The molecule has 0 unspecified atom stereocenters. The van der Waals surface area contributed by atoms with Gasteiger partial charge in [-0.05, 0) is 55.7 Å². The van der Waals surface area contributed by atoms with Gasteiger partial charge in [0.15, 0.2) is 5.96 Å². The normalized spacial score (nSPS) is 15.3. The molecule has 1 aliphatic heterocycles. The van der Waals surface area contributed by atoms with E-state index >= 15 is 0 Å². The van der Waals surface area contributed by atoms with E-state index in [0.717, 1.165) is 75.2 Å². The van der Waals surface area contributed by atoms with Crippen molar-refractivity contribution >= 4 is 41.7 Å². The second kappa shape index (κ2) is 15.4. The number of thioether (sulfide) groups is 1. The molecule has 1 fully saturated rings. The molecular weight excluding hydrogens is 480 g/mol. The lowest BCUT2D eigenvalue weighted by molar-refractivity contribution is -0.0320. The minimum Gasteiger partial charge on any atom is -0.381 e. The van der Waals surface area contributed by atoms with Crippen LogP contribution in [-0.4, -0.2) is 57.8 Å². The van der Waals surface area contributed by atoms with Gasteiger partial charge in [0, 0.05) is 44.9 Å². The van der Waals surface area contributed by atoms with Crippen LogP contribution in [0.4, 0.5) is 4.39 Å². The molecule has 0 radical (unpaired) electrons. The van der Waals surface area contributed by atoms with E-state index in [2.05, 4.69) is 15.6 Å². The number of rotatable bonds is 10. The predicted octanol–water partition coefficient (Wildman–Crippen LogP) is 3.68. The molecule has 154 valence electrons. The van der Waals surface area contributed by atoms with Crippen molar-refractivity contribution in [3.63, 3.8) is 0 Å². The number of hydrogen-bond acceptors (Lipinski definition) is 4. The van der Waals surface area contributed by atoms with Crippen LogP contribution in [0.5, 0.6) is 0 Å². The number of nitrogens with one attached hydrogen (secondary N) is 2. The van der Waals surface area contributed by atoms with Crippen molar-refractivity contribution in [2.75, 3.05) is 45.7 Å². The Morgan fingerprint density at radius 1 is 1.19 bits per heavy atom. The molecule has 0 bridgehead atoms. The summed E-state index contributed by atoms with van der Waals surface area (Å²) in [5.41, 5.74) is 0. The number of hydrogen-bond donors (Lipinski definition) is 2. The molecule has 1 aliphatic rings. The zero-order valence-electron chi connectivity index (χ0n) is 15.9. The van der Waals surface area contributed by atoms with Gasteiger partial charge >= 0.3 is 0 Å². The lowest BCUT2D eigenvalue weighted by Gasteiger charge is -2.22. The molecule has 0 atom stereocenters. The van der Waals surface area contributed by atoms with Crippen molar-refractivity contribution in [2.24, 2.45) is 4.99 Å². The highest BCUT2D eigenvalue weighted by Gasteiger charge is 2.13. The summed E-state index contributed by atoms with van der Waals surface area (Å²) in [7, 11) is 1.78. The van der Waals surface area contributed by atoms with E-state index in [1.165, 1.54) is 12.1 Å². The van der Waals surface area contributed by atoms with Crippen molar-refractivity contribution in [1.29, 1.82) is 0 Å². The van der Waals surface area contributed by atoms with E-state index in [-0.39, 0.29) is 29.8 Å². The lowest BCUT2D eigenvalue weighted by Crippen LogP contribution is -2.38. The van der Waals surface area contributed by atoms with Crippen LogP contribution in [0.25, 0.3) is 0 Å². The van der Waals surface area contributed by atoms with Crippen LogP contribution >= 0.6 is 35.7 Å². The molecular formula is C19H31FIN3O2S. The molecule has 8 heteroatoms. The molecule has 0 spiro atoms. The summed E-state index contributed by atoms with van der Waals surface area (Å²) in [6.07, 6.45) is 4.34. The zero-order chi connectivity index (χ0) is 18.5. The number of guanidine groups is 1. The molecule has 2 N–H and O–H groups in total. The molecule has 2 rings (SSSR count). The summed E-state index contributed by atoms with van der Waals surface area (Å²) in [6, 6.07) is 6.63. The van der Waals surface area contributed by atoms with Crippen LogP contribution in [0.3, 0.4) is 0 Å². The van der Waals surface area contributed by atoms with E-state index in [1.807, 2.05) is 12.1 Å². The first kappa shape index (κ1) is 24.5. The summed E-state index contributed by atoms with van der Waals surface area (Å²) in [5.74, 6) is 1.61. The molecule has 0 aliphatic carbocycles. The van der Waals surface area contributed by atoms with Crippen LogP contribution in [0.1, 0.15) is 25.7 Å². The van der Waals surface area contributed by atoms with Gasteiger partial charge in [-0.3, -0.25) is 4.99 Å². The average molecular weight is 511 g/mol. The third-order valence-electron chi connectivity index (χ3n) is 4.05. The largest absolute Gasteiger partial charge is 0.381 e. The second-order valence-corrected chi connectivity index (χ2v) is 7.29. The molecule has 27 heavy (non-hydrogen) atoms. The van der Waals surface area contributed by atoms with Crippen LogP contribution in [0.2, 0.25) is 0 Å². The Morgan fingerprint density at radius 3 is 2.52 bits per heavy atom. The quantitative estimate of drug-likeness (QED) is 0.165. The first-order chi connectivity index (χ1) is 12.8. The summed E-state index contributed by atoms with van der Waals surface area (Å²) >= 11 is 1.73. The third kappa shape index (κ3) is 11.1. The molecule has 0 aromatic heterocycles. The molecule has 1 aromatic carbocycles. The molecule has 0 saturated carbocycles. The zero-order valence-corrected chi connectivity index (χ0v) is 19.1. The van der Waals surface area contributed by atoms with E-state index in [0.29, 0.717) is 6.10 Å². The molecule has 0 amide bonds. The standard InChI is InChI=1S/C19H30FN3O2S.HI/c1-21-19(22-10-2-12-25-17-8-13-24-14-9-17)23-11-3-15-26-18-6-4-16(20)5-7-18;/h4-7,17H,2-3,8-15H2,1H3,(H2,21,22,23);1H. The number of ether oxygens (including phenoxy) is 2. The Morgan fingerprint density at radius 2 is 1.85 bits per heavy atom. The Balaban J connectivity index is 0.00000364. The monoisotopic (exact) mass is 511 g/mol. The topological polar surface area (TPSA) is 54.9 Å². The van der Waals surface area contributed by atoms with Crippen LogP contribution in [-0.2, 0) is 9.47 Å². The summed E-state index contributed by atoms with van der Waals surface area (Å²) in [6.45, 7) is 4.10. The molecule has 1 saturated heterocycles. The fraction of sp³-hybridized carbons (Fsp3) is 0.632. The van der Waals surface area contributed by atoms with Gasteiger partial charge in [0.25, 0.3) is 0 Å². The Bertz CT molecular complexity index is 528. The minimum atomic E-state index is -0.191. The Hall–Kier alpha value is -0.580. The maximum atomic E-state index is 12.9. The number of benzene rings is 1. The number of nitrogens with zero attached hydrogens (tertiary/aromatic N) is 1. The van der Waals surface area contributed by atoms with Gasteiger partial charge in [0.05, 0.1) is 6.10 Å². The van der Waals surface area contributed by atoms with Gasteiger partial charge in [-0.2, -0.15) is 0 Å². The third-order valence-corrected chi connectivity index (χ3v) is 5.15. The maximum Gasteiger partial charge on any atom is 0.190 e. The second-order valence-electron chi connectivity index (χ2n) is 6.12. The maximum absolute atomic E-state index is 12.9. The van der Waals surface area contributed by atoms with Crippen molar-refractivity contribution < 1.29 is 13.9 Å². The number of halogens is 2. The van der Waals surface area contributed by atoms with E-state index < -0.39 is 0 Å². The van der Waals surface area contributed by atoms with E-state index in [9.17, 15) is 4.39 Å². The minimum absolute atomic E-state index is 0. The van der Waals surface area contributed by atoms with Gasteiger partial charge in [-0.15, -0.1) is 35.7 Å². The lowest BCUT2D eigenvalue weighted by atomic mass is 10.1. The molecule has 1 heterocycles. The first-order valence-corrected chi connectivity index (χ1v) is 10.3. The average Bonchev–Trinajstić information content (AvgIpc) is 2.68. The smallest absolute Gasteiger partial charge is 0.190 e. The van der Waals surface area contributed by atoms with Crippen LogP contribution < -0.4 is 10.6 Å². The summed E-state index contributed by atoms with van der Waals surface area (Å²) < 4.78 is 24.0. The van der Waals surface area contributed by atoms with Gasteiger partial charge in [0.2, 0.25) is 0 Å². The fourth-order valence-electron chi connectivity index (χ4n) is 2.59. The van der Waals surface area contributed by atoms with Gasteiger partial charge in [-0.25, -0.2) is 4.39 Å². The van der Waals surface area contributed by atoms with Crippen LogP contribution in [0, 0.1) is 5.82 Å². The van der Waals surface area contributed by atoms with Crippen molar-refractivity contribution in [3.05, 3.63) is 30.1 Å². The highest BCUT2D eigenvalue weighted by atomic mass is 127. The first-order valence-electron chi connectivity index (χ1n) is 9.30. The van der Waals surface area contributed by atoms with Gasteiger partial charge in [0.1, 0.15) is 5.82 Å². The number of aliphatic imine (C=N–C) groups is 1. The predicted molar refractivity (Wildman–Crippen MR) is 121 cm³/mol. The van der Waals surface area contributed by atoms with Crippen molar-refractivity contribution in [3.8, 4) is 0 Å². The van der Waals surface area contributed by atoms with Gasteiger partial charge < -0.3 is 20.1 Å². The summed E-state index contributed by atoms with van der Waals surface area (Å²) in [5, 5.41) is 6.62. The van der Waals surface area contributed by atoms with Gasteiger partial charge in [-0.1, -0.05) is 0 Å². The van der Waals surface area contributed by atoms with E-state index in [4.69, 9.17) is 9.47 Å².